The molecule has 2 unspecified atom stereocenters. The number of aryl methyl sites for hydroxylation is 1. The molecule has 19 heavy (non-hydrogen) atoms. The molecule has 2 rings (SSSR count). The van der Waals surface area contributed by atoms with Gasteiger partial charge in [-0.3, -0.25) is 10.2 Å². The van der Waals surface area contributed by atoms with E-state index >= 15 is 0 Å². The van der Waals surface area contributed by atoms with Gasteiger partial charge in [0.25, 0.3) is 0 Å². The molecule has 0 radical (unpaired) electrons. The molecule has 1 fully saturated rings. The lowest BCUT2D eigenvalue weighted by atomic mass is 9.91. The van der Waals surface area contributed by atoms with Gasteiger partial charge in [0.2, 0.25) is 0 Å². The lowest BCUT2D eigenvalue weighted by Crippen LogP contribution is -2.30. The fourth-order valence-corrected chi connectivity index (χ4v) is 3.98. The fraction of sp³-hybridized carbons (Fsp3) is 0.643. The van der Waals surface area contributed by atoms with Crippen molar-refractivity contribution in [2.75, 3.05) is 0 Å². The van der Waals surface area contributed by atoms with E-state index in [1.807, 2.05) is 24.8 Å². The summed E-state index contributed by atoms with van der Waals surface area (Å²) in [6, 6.07) is 1.93. The summed E-state index contributed by atoms with van der Waals surface area (Å²) in [5.74, 6) is 7.62. The van der Waals surface area contributed by atoms with Crippen LogP contribution in [0.25, 0.3) is 0 Å². The Morgan fingerprint density at radius 2 is 2.37 bits per heavy atom. The first-order chi connectivity index (χ1) is 9.10. The number of thioether (sulfide) groups is 1. The van der Waals surface area contributed by atoms with Crippen LogP contribution in [0.4, 0.5) is 0 Å². The molecule has 1 aromatic rings. The average Bonchev–Trinajstić information content (AvgIpc) is 2.77. The van der Waals surface area contributed by atoms with Gasteiger partial charge in [-0.15, -0.1) is 0 Å². The van der Waals surface area contributed by atoms with Gasteiger partial charge in [0.1, 0.15) is 5.76 Å². The molecule has 0 saturated heterocycles. The number of hydrogen-bond donors (Lipinski definition) is 2. The topological polar surface area (TPSA) is 68.3 Å². The molecule has 1 saturated carbocycles. The highest BCUT2D eigenvalue weighted by Crippen LogP contribution is 2.34. The maximum absolute atomic E-state index is 11.5. The van der Waals surface area contributed by atoms with Gasteiger partial charge >= 0.3 is 5.91 Å². The van der Waals surface area contributed by atoms with Crippen LogP contribution in [0.15, 0.2) is 10.5 Å². The lowest BCUT2D eigenvalue weighted by molar-refractivity contribution is 0.0923. The van der Waals surface area contributed by atoms with Gasteiger partial charge in [0.15, 0.2) is 5.76 Å². The van der Waals surface area contributed by atoms with Gasteiger partial charge < -0.3 is 4.42 Å². The maximum atomic E-state index is 11.5. The van der Waals surface area contributed by atoms with Crippen molar-refractivity contribution in [1.29, 1.82) is 0 Å². The highest BCUT2D eigenvalue weighted by Gasteiger charge is 2.20. The molecular weight excluding hydrogens is 260 g/mol. The third-order valence-corrected chi connectivity index (χ3v) is 5.01. The predicted molar refractivity (Wildman–Crippen MR) is 77.8 cm³/mol. The second kappa shape index (κ2) is 6.48. The number of amides is 1. The highest BCUT2D eigenvalue weighted by atomic mass is 32.2. The van der Waals surface area contributed by atoms with E-state index in [1.165, 1.54) is 25.7 Å². The fourth-order valence-electron chi connectivity index (χ4n) is 2.64. The summed E-state index contributed by atoms with van der Waals surface area (Å²) in [6.07, 6.45) is 5.28. The van der Waals surface area contributed by atoms with E-state index in [-0.39, 0.29) is 5.91 Å². The normalized spacial score (nSPS) is 23.3. The van der Waals surface area contributed by atoms with Crippen LogP contribution in [0.5, 0.6) is 0 Å². The minimum absolute atomic E-state index is 0.329. The van der Waals surface area contributed by atoms with Crippen molar-refractivity contribution in [2.45, 2.75) is 50.5 Å². The largest absolute Gasteiger partial charge is 0.455 e. The number of hydrogen-bond acceptors (Lipinski definition) is 4. The Labute approximate surface area is 118 Å². The number of carbonyl (C=O) groups excluding carboxylic acids is 1. The second-order valence-corrected chi connectivity index (χ2v) is 6.69. The van der Waals surface area contributed by atoms with Crippen LogP contribution in [0.3, 0.4) is 0 Å². The Bertz CT molecular complexity index is 445. The van der Waals surface area contributed by atoms with E-state index in [0.29, 0.717) is 5.76 Å². The molecule has 5 heteroatoms. The summed E-state index contributed by atoms with van der Waals surface area (Å²) < 4.78 is 5.57. The third-order valence-electron chi connectivity index (χ3n) is 3.66. The van der Waals surface area contributed by atoms with Gasteiger partial charge in [-0.25, -0.2) is 5.84 Å². The third kappa shape index (κ3) is 3.76. The molecule has 1 aliphatic carbocycles. The van der Waals surface area contributed by atoms with E-state index in [1.54, 1.807) is 0 Å². The van der Waals surface area contributed by atoms with E-state index < -0.39 is 0 Å². The van der Waals surface area contributed by atoms with Crippen molar-refractivity contribution in [3.8, 4) is 0 Å². The number of nitrogens with two attached hydrogens (primary N) is 1. The van der Waals surface area contributed by atoms with Gasteiger partial charge in [-0.05, 0) is 31.7 Å². The van der Waals surface area contributed by atoms with E-state index in [9.17, 15) is 4.79 Å². The van der Waals surface area contributed by atoms with Crippen molar-refractivity contribution in [1.82, 2.24) is 5.43 Å². The van der Waals surface area contributed by atoms with Crippen LogP contribution in [0.2, 0.25) is 0 Å². The number of furan rings is 1. The molecule has 0 bridgehead atoms. The lowest BCUT2D eigenvalue weighted by Gasteiger charge is -2.25. The first kappa shape index (κ1) is 14.5. The van der Waals surface area contributed by atoms with Crippen molar-refractivity contribution < 1.29 is 9.21 Å². The summed E-state index contributed by atoms with van der Waals surface area (Å²) in [7, 11) is 0. The monoisotopic (exact) mass is 282 g/mol. The van der Waals surface area contributed by atoms with Crippen molar-refractivity contribution >= 4 is 17.7 Å². The van der Waals surface area contributed by atoms with Crippen molar-refractivity contribution in [2.24, 2.45) is 11.8 Å². The molecule has 1 amide bonds. The molecule has 106 valence electrons. The quantitative estimate of drug-likeness (QED) is 0.506. The minimum Gasteiger partial charge on any atom is -0.455 e. The Kier molecular flexibility index (Phi) is 4.93. The van der Waals surface area contributed by atoms with Crippen LogP contribution >= 0.6 is 11.8 Å². The first-order valence-corrected chi connectivity index (χ1v) is 7.87. The molecule has 1 heterocycles. The van der Waals surface area contributed by atoms with E-state index in [2.05, 4.69) is 12.3 Å². The molecule has 4 nitrogen and oxygen atoms in total. The number of nitrogens with one attached hydrogen (secondary N) is 1. The molecule has 0 aromatic carbocycles. The summed E-state index contributed by atoms with van der Waals surface area (Å²) in [5, 5.41) is 0.723. The number of nitrogen functional groups attached to an aromatic ring is 1. The van der Waals surface area contributed by atoms with E-state index in [0.717, 1.165) is 28.2 Å². The Balaban J connectivity index is 1.91. The summed E-state index contributed by atoms with van der Waals surface area (Å²) in [4.78, 5) is 11.5. The Morgan fingerprint density at radius 1 is 1.58 bits per heavy atom. The second-order valence-electron chi connectivity index (χ2n) is 5.40. The Morgan fingerprint density at radius 3 is 3.05 bits per heavy atom. The smallest absolute Gasteiger partial charge is 0.301 e. The van der Waals surface area contributed by atoms with Crippen molar-refractivity contribution in [3.63, 3.8) is 0 Å². The molecule has 1 aliphatic rings. The van der Waals surface area contributed by atoms with Crippen LogP contribution in [0, 0.1) is 12.8 Å². The van der Waals surface area contributed by atoms with Gasteiger partial charge in [-0.2, -0.15) is 11.8 Å². The Hall–Kier alpha value is -0.940. The van der Waals surface area contributed by atoms with Crippen LogP contribution in [-0.2, 0) is 5.75 Å². The van der Waals surface area contributed by atoms with Crippen LogP contribution in [0.1, 0.15) is 54.5 Å². The highest BCUT2D eigenvalue weighted by molar-refractivity contribution is 7.99. The zero-order chi connectivity index (χ0) is 13.8. The summed E-state index contributed by atoms with van der Waals surface area (Å²) in [6.45, 7) is 4.19. The first-order valence-electron chi connectivity index (χ1n) is 6.82. The molecule has 0 aliphatic heterocycles. The standard InChI is InChI=1S/C14H22N2O2S/c1-9-4-3-5-12(6-9)19-8-11-7-10(2)13(18-11)14(17)16-15/h7,9,12H,3-6,8,15H2,1-2H3,(H,16,17). The minimum atomic E-state index is -0.361. The number of rotatable bonds is 4. The predicted octanol–water partition coefficient (Wildman–Crippen LogP) is 3.00. The molecule has 1 aromatic heterocycles. The van der Waals surface area contributed by atoms with Crippen LogP contribution in [-0.4, -0.2) is 11.2 Å². The molecule has 3 N–H and O–H groups in total. The molecule has 0 spiro atoms. The van der Waals surface area contributed by atoms with Crippen molar-refractivity contribution in [3.05, 3.63) is 23.2 Å². The molecular formula is C14H22N2O2S. The van der Waals surface area contributed by atoms with Gasteiger partial charge in [-0.1, -0.05) is 19.8 Å². The average molecular weight is 282 g/mol. The molecule has 2 atom stereocenters. The van der Waals surface area contributed by atoms with Gasteiger partial charge in [0, 0.05) is 10.8 Å². The zero-order valence-corrected chi connectivity index (χ0v) is 12.4. The maximum Gasteiger partial charge on any atom is 0.301 e. The number of hydrazine groups is 1. The van der Waals surface area contributed by atoms with Crippen LogP contribution < -0.4 is 11.3 Å². The number of carbonyl (C=O) groups is 1. The zero-order valence-electron chi connectivity index (χ0n) is 11.6. The summed E-state index contributed by atoms with van der Waals surface area (Å²) in [5.41, 5.74) is 2.95. The van der Waals surface area contributed by atoms with Gasteiger partial charge in [0.05, 0.1) is 5.75 Å². The van der Waals surface area contributed by atoms with E-state index in [4.69, 9.17) is 10.3 Å². The summed E-state index contributed by atoms with van der Waals surface area (Å²) >= 11 is 1.94. The SMILES string of the molecule is Cc1cc(CSC2CCCC(C)C2)oc1C(=O)NN.